The number of carbonyl (C=O) groups excluding carboxylic acids is 1. The number of hydrogen-bond donors (Lipinski definition) is 0. The lowest BCUT2D eigenvalue weighted by Gasteiger charge is -2.38. The molecule has 2 rings (SSSR count). The number of Topliss-reactive ketones (excluding diaryl/α,β-unsaturated/α-hetero) is 1. The van der Waals surface area contributed by atoms with Crippen LogP contribution in [-0.4, -0.2) is 30.3 Å². The largest absolute Gasteiger partial charge is 0.297 e. The molecule has 0 N–H and O–H groups in total. The van der Waals surface area contributed by atoms with Gasteiger partial charge in [0, 0.05) is 11.4 Å². The quantitative estimate of drug-likeness (QED) is 0.775. The van der Waals surface area contributed by atoms with Crippen molar-refractivity contribution < 1.29 is 9.18 Å². The number of hydrogen-bond acceptors (Lipinski definition) is 2. The molecule has 0 saturated heterocycles. The van der Waals surface area contributed by atoms with Crippen LogP contribution in [0.5, 0.6) is 0 Å². The molecule has 0 bridgehead atoms. The zero-order valence-corrected chi connectivity index (χ0v) is 13.5. The predicted octanol–water partition coefficient (Wildman–Crippen LogP) is 4.25. The minimum absolute atomic E-state index is 0.197. The number of nitrogens with zero attached hydrogens (tertiary/aromatic N) is 1. The molecule has 0 unspecified atom stereocenters. The van der Waals surface area contributed by atoms with Gasteiger partial charge in [-0.25, -0.2) is 4.39 Å². The summed E-state index contributed by atoms with van der Waals surface area (Å²) >= 11 is 6.06. The Bertz CT molecular complexity index is 508. The number of benzene rings is 1. The summed E-state index contributed by atoms with van der Waals surface area (Å²) in [5.41, 5.74) is 0.322. The predicted molar refractivity (Wildman–Crippen MR) is 84.2 cm³/mol. The summed E-state index contributed by atoms with van der Waals surface area (Å²) < 4.78 is 13.1. The molecule has 0 amide bonds. The molecule has 0 atom stereocenters. The maximum absolute atomic E-state index is 13.1. The molecule has 4 heteroatoms. The van der Waals surface area contributed by atoms with Gasteiger partial charge in [0.25, 0.3) is 0 Å². The molecule has 1 aliphatic carbocycles. The van der Waals surface area contributed by atoms with Crippen LogP contribution in [0.4, 0.5) is 4.39 Å². The fourth-order valence-electron chi connectivity index (χ4n) is 3.29. The summed E-state index contributed by atoms with van der Waals surface area (Å²) in [5.74, 6) is -0.170. The molecule has 116 valence electrons. The van der Waals surface area contributed by atoms with Gasteiger partial charge in [-0.1, -0.05) is 43.4 Å². The van der Waals surface area contributed by atoms with Crippen molar-refractivity contribution in [2.45, 2.75) is 50.5 Å². The molecule has 1 aliphatic rings. The highest BCUT2D eigenvalue weighted by atomic mass is 35.5. The van der Waals surface area contributed by atoms with Gasteiger partial charge >= 0.3 is 0 Å². The van der Waals surface area contributed by atoms with Crippen molar-refractivity contribution in [3.8, 4) is 0 Å². The summed E-state index contributed by atoms with van der Waals surface area (Å²) in [6.07, 6.45) is 6.63. The van der Waals surface area contributed by atoms with E-state index in [0.29, 0.717) is 10.6 Å². The summed E-state index contributed by atoms with van der Waals surface area (Å²) in [4.78, 5) is 15.0. The van der Waals surface area contributed by atoms with E-state index in [1.807, 2.05) is 14.1 Å². The Morgan fingerprint density at radius 2 is 1.86 bits per heavy atom. The lowest BCUT2D eigenvalue weighted by atomic mass is 9.82. The zero-order valence-electron chi connectivity index (χ0n) is 12.8. The molecule has 1 saturated carbocycles. The lowest BCUT2D eigenvalue weighted by Crippen LogP contribution is -2.51. The van der Waals surface area contributed by atoms with Gasteiger partial charge < -0.3 is 0 Å². The highest BCUT2D eigenvalue weighted by Crippen LogP contribution is 2.33. The number of likely N-dealkylation sites (N-methyl/N-ethyl adjacent to an activating group) is 1. The van der Waals surface area contributed by atoms with E-state index in [1.54, 1.807) is 6.07 Å². The molecule has 1 aromatic carbocycles. The third-order valence-corrected chi connectivity index (χ3v) is 5.02. The van der Waals surface area contributed by atoms with E-state index in [-0.39, 0.29) is 18.0 Å². The Morgan fingerprint density at radius 1 is 1.24 bits per heavy atom. The van der Waals surface area contributed by atoms with Crippen LogP contribution >= 0.6 is 11.6 Å². The first-order valence-electron chi connectivity index (χ1n) is 7.60. The molecular formula is C17H23ClFNO. The maximum Gasteiger partial charge on any atom is 0.157 e. The first-order chi connectivity index (χ1) is 9.95. The van der Waals surface area contributed by atoms with Crippen molar-refractivity contribution in [1.82, 2.24) is 4.90 Å². The second kappa shape index (κ2) is 6.89. The average Bonchev–Trinajstić information content (AvgIpc) is 2.68. The number of ketones is 1. The Labute approximate surface area is 131 Å². The van der Waals surface area contributed by atoms with Crippen LogP contribution in [0, 0.1) is 5.82 Å². The highest BCUT2D eigenvalue weighted by molar-refractivity contribution is 6.31. The molecule has 1 fully saturated rings. The maximum atomic E-state index is 13.1. The summed E-state index contributed by atoms with van der Waals surface area (Å²) in [6, 6.07) is 4.26. The Morgan fingerprint density at radius 3 is 2.38 bits per heavy atom. The van der Waals surface area contributed by atoms with Crippen molar-refractivity contribution >= 4 is 17.4 Å². The molecular weight excluding hydrogens is 289 g/mol. The van der Waals surface area contributed by atoms with Gasteiger partial charge in [0.15, 0.2) is 5.78 Å². The molecule has 2 nitrogen and oxygen atoms in total. The molecule has 0 spiro atoms. The summed E-state index contributed by atoms with van der Waals surface area (Å²) in [7, 11) is 3.96. The number of carbonyl (C=O) groups is 1. The lowest BCUT2D eigenvalue weighted by molar-refractivity contribution is -0.130. The standard InChI is InChI=1S/C17H23ClFNO/c1-20(2)17(9-5-3-4-6-10-17)16(21)11-13-7-8-14(19)12-15(13)18/h7-8,12H,3-6,9-11H2,1-2H3. The smallest absolute Gasteiger partial charge is 0.157 e. The fourth-order valence-corrected chi connectivity index (χ4v) is 3.53. The van der Waals surface area contributed by atoms with Crippen molar-refractivity contribution in [2.75, 3.05) is 14.1 Å². The Hall–Kier alpha value is -0.930. The molecule has 0 heterocycles. The van der Waals surface area contributed by atoms with Crippen molar-refractivity contribution in [3.05, 3.63) is 34.6 Å². The van der Waals surface area contributed by atoms with E-state index in [4.69, 9.17) is 11.6 Å². The van der Waals surface area contributed by atoms with Crippen LogP contribution in [0.2, 0.25) is 5.02 Å². The van der Waals surface area contributed by atoms with E-state index in [1.165, 1.54) is 25.0 Å². The molecule has 0 radical (unpaired) electrons. The van der Waals surface area contributed by atoms with Gasteiger partial charge in [0.05, 0.1) is 5.54 Å². The second-order valence-electron chi connectivity index (χ2n) is 6.18. The van der Waals surface area contributed by atoms with Gasteiger partial charge in [-0.2, -0.15) is 0 Å². The van der Waals surface area contributed by atoms with Crippen LogP contribution < -0.4 is 0 Å². The van der Waals surface area contributed by atoms with Crippen LogP contribution in [0.15, 0.2) is 18.2 Å². The van der Waals surface area contributed by atoms with Crippen LogP contribution in [-0.2, 0) is 11.2 Å². The minimum Gasteiger partial charge on any atom is -0.297 e. The SMILES string of the molecule is CN(C)C1(C(=O)Cc2ccc(F)cc2Cl)CCCCCC1. The van der Waals surface area contributed by atoms with Crippen LogP contribution in [0.1, 0.15) is 44.1 Å². The Kier molecular flexibility index (Phi) is 5.39. The first-order valence-corrected chi connectivity index (χ1v) is 7.98. The van der Waals surface area contributed by atoms with E-state index in [9.17, 15) is 9.18 Å². The van der Waals surface area contributed by atoms with Crippen molar-refractivity contribution in [1.29, 1.82) is 0 Å². The van der Waals surface area contributed by atoms with Gasteiger partial charge in [-0.3, -0.25) is 9.69 Å². The Balaban J connectivity index is 2.22. The highest BCUT2D eigenvalue weighted by Gasteiger charge is 2.40. The van der Waals surface area contributed by atoms with Crippen LogP contribution in [0.3, 0.4) is 0 Å². The van der Waals surface area contributed by atoms with E-state index in [2.05, 4.69) is 4.90 Å². The third-order valence-electron chi connectivity index (χ3n) is 4.67. The zero-order chi connectivity index (χ0) is 15.5. The molecule has 0 aromatic heterocycles. The number of halogens is 2. The number of rotatable bonds is 4. The second-order valence-corrected chi connectivity index (χ2v) is 6.58. The summed E-state index contributed by atoms with van der Waals surface area (Å²) in [6.45, 7) is 0. The van der Waals surface area contributed by atoms with Gasteiger partial charge in [-0.05, 0) is 44.6 Å². The van der Waals surface area contributed by atoms with E-state index < -0.39 is 5.54 Å². The monoisotopic (exact) mass is 311 g/mol. The molecule has 1 aromatic rings. The summed E-state index contributed by atoms with van der Waals surface area (Å²) in [5, 5.41) is 0.339. The van der Waals surface area contributed by atoms with E-state index >= 15 is 0 Å². The molecule has 0 aliphatic heterocycles. The minimum atomic E-state index is -0.395. The van der Waals surface area contributed by atoms with Gasteiger partial charge in [-0.15, -0.1) is 0 Å². The fraction of sp³-hybridized carbons (Fsp3) is 0.588. The van der Waals surface area contributed by atoms with E-state index in [0.717, 1.165) is 25.7 Å². The molecule has 21 heavy (non-hydrogen) atoms. The first kappa shape index (κ1) is 16.4. The van der Waals surface area contributed by atoms with Crippen LogP contribution in [0.25, 0.3) is 0 Å². The third kappa shape index (κ3) is 3.64. The topological polar surface area (TPSA) is 20.3 Å². The average molecular weight is 312 g/mol. The van der Waals surface area contributed by atoms with Gasteiger partial charge in [0.1, 0.15) is 5.82 Å². The van der Waals surface area contributed by atoms with Gasteiger partial charge in [0.2, 0.25) is 0 Å². The normalized spacial score (nSPS) is 18.5. The van der Waals surface area contributed by atoms with Crippen molar-refractivity contribution in [2.24, 2.45) is 0 Å². The van der Waals surface area contributed by atoms with Crippen molar-refractivity contribution in [3.63, 3.8) is 0 Å².